The van der Waals surface area contributed by atoms with Crippen molar-refractivity contribution in [3.8, 4) is 0 Å². The number of carbonyl (C=O) groups excluding carboxylic acids is 1. The van der Waals surface area contributed by atoms with Crippen LogP contribution in [-0.2, 0) is 19.0 Å². The molecule has 0 aromatic rings. The lowest BCUT2D eigenvalue weighted by Crippen LogP contribution is -2.41. The van der Waals surface area contributed by atoms with Gasteiger partial charge in [-0.05, 0) is 6.42 Å². The average Bonchev–Trinajstić information content (AvgIpc) is 2.81. The van der Waals surface area contributed by atoms with Gasteiger partial charge < -0.3 is 19.5 Å². The Morgan fingerprint density at radius 2 is 2.07 bits per heavy atom. The van der Waals surface area contributed by atoms with E-state index in [9.17, 15) is 4.79 Å². The summed E-state index contributed by atoms with van der Waals surface area (Å²) in [6.45, 7) is 3.62. The second-order valence-corrected chi connectivity index (χ2v) is 3.87. The van der Waals surface area contributed by atoms with Gasteiger partial charge in [0.15, 0.2) is 0 Å². The molecule has 2 fully saturated rings. The van der Waals surface area contributed by atoms with Crippen molar-refractivity contribution in [3.05, 3.63) is 0 Å². The summed E-state index contributed by atoms with van der Waals surface area (Å²) in [6, 6.07) is 0. The highest BCUT2D eigenvalue weighted by Gasteiger charge is 2.24. The zero-order chi connectivity index (χ0) is 10.5. The maximum absolute atomic E-state index is 11.6. The molecule has 2 heterocycles. The molecule has 2 aliphatic heterocycles. The standard InChI is InChI=1S/C10H17NO4/c12-10(8-1-2-13-6-8)11-5-9-7-14-3-4-15-9/h8-9H,1-7H2,(H,11,12). The molecule has 0 aromatic carbocycles. The van der Waals surface area contributed by atoms with Gasteiger partial charge in [-0.25, -0.2) is 0 Å². The highest BCUT2D eigenvalue weighted by Crippen LogP contribution is 2.12. The fourth-order valence-electron chi connectivity index (χ4n) is 1.75. The van der Waals surface area contributed by atoms with Crippen LogP contribution < -0.4 is 5.32 Å². The summed E-state index contributed by atoms with van der Waals surface area (Å²) >= 11 is 0. The minimum Gasteiger partial charge on any atom is -0.381 e. The van der Waals surface area contributed by atoms with Gasteiger partial charge in [0, 0.05) is 13.2 Å². The first-order valence-electron chi connectivity index (χ1n) is 5.41. The number of hydrogen-bond acceptors (Lipinski definition) is 4. The minimum absolute atomic E-state index is 0.00465. The summed E-state index contributed by atoms with van der Waals surface area (Å²) in [5.41, 5.74) is 0. The van der Waals surface area contributed by atoms with Gasteiger partial charge in [-0.2, -0.15) is 0 Å². The van der Waals surface area contributed by atoms with Crippen molar-refractivity contribution in [1.82, 2.24) is 5.32 Å². The third-order valence-corrected chi connectivity index (χ3v) is 2.69. The lowest BCUT2D eigenvalue weighted by molar-refractivity contribution is -0.127. The van der Waals surface area contributed by atoms with Crippen LogP contribution in [0.4, 0.5) is 0 Å². The van der Waals surface area contributed by atoms with Gasteiger partial charge in [-0.1, -0.05) is 0 Å². The molecule has 0 aromatic heterocycles. The quantitative estimate of drug-likeness (QED) is 0.693. The molecule has 0 saturated carbocycles. The Bertz CT molecular complexity index is 209. The van der Waals surface area contributed by atoms with Crippen LogP contribution in [0, 0.1) is 5.92 Å². The fourth-order valence-corrected chi connectivity index (χ4v) is 1.75. The van der Waals surface area contributed by atoms with Crippen molar-refractivity contribution in [1.29, 1.82) is 0 Å². The number of amides is 1. The van der Waals surface area contributed by atoms with E-state index in [0.717, 1.165) is 6.42 Å². The van der Waals surface area contributed by atoms with Crippen LogP contribution in [0.2, 0.25) is 0 Å². The zero-order valence-corrected chi connectivity index (χ0v) is 8.74. The van der Waals surface area contributed by atoms with Gasteiger partial charge in [0.25, 0.3) is 0 Å². The molecular formula is C10H17NO4. The predicted octanol–water partition coefficient (Wildman–Crippen LogP) is -0.446. The molecule has 5 heteroatoms. The Labute approximate surface area is 89.1 Å². The van der Waals surface area contributed by atoms with Gasteiger partial charge in [0.2, 0.25) is 5.91 Å². The third-order valence-electron chi connectivity index (χ3n) is 2.69. The van der Waals surface area contributed by atoms with E-state index in [1.165, 1.54) is 0 Å². The van der Waals surface area contributed by atoms with E-state index in [-0.39, 0.29) is 17.9 Å². The topological polar surface area (TPSA) is 56.8 Å². The number of carbonyl (C=O) groups is 1. The normalized spacial score (nSPS) is 31.5. The van der Waals surface area contributed by atoms with Gasteiger partial charge in [-0.3, -0.25) is 4.79 Å². The Kier molecular flexibility index (Phi) is 3.94. The van der Waals surface area contributed by atoms with E-state index in [0.29, 0.717) is 39.6 Å². The molecule has 15 heavy (non-hydrogen) atoms. The van der Waals surface area contributed by atoms with Crippen LogP contribution in [0.5, 0.6) is 0 Å². The highest BCUT2D eigenvalue weighted by molar-refractivity contribution is 5.78. The van der Waals surface area contributed by atoms with Crippen molar-refractivity contribution >= 4 is 5.91 Å². The van der Waals surface area contributed by atoms with Gasteiger partial charge in [0.05, 0.1) is 38.4 Å². The number of nitrogens with one attached hydrogen (secondary N) is 1. The summed E-state index contributed by atoms with van der Waals surface area (Å²) in [4.78, 5) is 11.6. The molecule has 0 bridgehead atoms. The molecule has 2 aliphatic rings. The largest absolute Gasteiger partial charge is 0.381 e. The lowest BCUT2D eigenvalue weighted by atomic mass is 10.1. The van der Waals surface area contributed by atoms with Gasteiger partial charge >= 0.3 is 0 Å². The first-order chi connectivity index (χ1) is 7.36. The molecule has 1 amide bonds. The highest BCUT2D eigenvalue weighted by atomic mass is 16.6. The Morgan fingerprint density at radius 3 is 2.73 bits per heavy atom. The lowest BCUT2D eigenvalue weighted by Gasteiger charge is -2.23. The van der Waals surface area contributed by atoms with E-state index >= 15 is 0 Å². The van der Waals surface area contributed by atoms with Crippen LogP contribution in [0.25, 0.3) is 0 Å². The Morgan fingerprint density at radius 1 is 1.20 bits per heavy atom. The molecule has 2 atom stereocenters. The van der Waals surface area contributed by atoms with Crippen molar-refractivity contribution in [2.75, 3.05) is 39.6 Å². The summed E-state index contributed by atoms with van der Waals surface area (Å²) in [5.74, 6) is 0.0937. The smallest absolute Gasteiger partial charge is 0.225 e. The molecule has 86 valence electrons. The molecule has 0 spiro atoms. The van der Waals surface area contributed by atoms with E-state index < -0.39 is 0 Å². The minimum atomic E-state index is 0.00465. The summed E-state index contributed by atoms with van der Waals surface area (Å²) in [6.07, 6.45) is 0.832. The average molecular weight is 215 g/mol. The van der Waals surface area contributed by atoms with Crippen molar-refractivity contribution in [3.63, 3.8) is 0 Å². The van der Waals surface area contributed by atoms with Crippen LogP contribution in [-0.4, -0.2) is 51.6 Å². The van der Waals surface area contributed by atoms with Crippen molar-refractivity contribution in [2.45, 2.75) is 12.5 Å². The first kappa shape index (κ1) is 10.9. The van der Waals surface area contributed by atoms with Crippen molar-refractivity contribution < 1.29 is 19.0 Å². The van der Waals surface area contributed by atoms with Crippen molar-refractivity contribution in [2.24, 2.45) is 5.92 Å². The molecule has 2 rings (SSSR count). The molecule has 0 aliphatic carbocycles. The van der Waals surface area contributed by atoms with Crippen LogP contribution in [0.15, 0.2) is 0 Å². The molecular weight excluding hydrogens is 198 g/mol. The SMILES string of the molecule is O=C(NCC1COCCO1)C1CCOC1. The first-order valence-corrected chi connectivity index (χ1v) is 5.41. The van der Waals surface area contributed by atoms with E-state index in [2.05, 4.69) is 5.32 Å². The van der Waals surface area contributed by atoms with Crippen LogP contribution in [0.3, 0.4) is 0 Å². The molecule has 2 unspecified atom stereocenters. The number of hydrogen-bond donors (Lipinski definition) is 1. The number of ether oxygens (including phenoxy) is 3. The maximum Gasteiger partial charge on any atom is 0.225 e. The molecule has 2 saturated heterocycles. The molecule has 1 N–H and O–H groups in total. The van der Waals surface area contributed by atoms with E-state index in [4.69, 9.17) is 14.2 Å². The van der Waals surface area contributed by atoms with E-state index in [1.54, 1.807) is 0 Å². The molecule has 5 nitrogen and oxygen atoms in total. The molecule has 0 radical (unpaired) electrons. The third kappa shape index (κ3) is 3.15. The second-order valence-electron chi connectivity index (χ2n) is 3.87. The number of rotatable bonds is 3. The zero-order valence-electron chi connectivity index (χ0n) is 8.74. The van der Waals surface area contributed by atoms with Gasteiger partial charge in [-0.15, -0.1) is 0 Å². The summed E-state index contributed by atoms with van der Waals surface area (Å²) < 4.78 is 15.8. The van der Waals surface area contributed by atoms with Gasteiger partial charge in [0.1, 0.15) is 0 Å². The predicted molar refractivity (Wildman–Crippen MR) is 52.5 cm³/mol. The van der Waals surface area contributed by atoms with Crippen LogP contribution >= 0.6 is 0 Å². The van der Waals surface area contributed by atoms with E-state index in [1.807, 2.05) is 0 Å². The monoisotopic (exact) mass is 215 g/mol. The fraction of sp³-hybridized carbons (Fsp3) is 0.900. The summed E-state index contributed by atoms with van der Waals surface area (Å²) in [5, 5.41) is 2.87. The summed E-state index contributed by atoms with van der Waals surface area (Å²) in [7, 11) is 0. The Hall–Kier alpha value is -0.650. The van der Waals surface area contributed by atoms with Crippen LogP contribution in [0.1, 0.15) is 6.42 Å². The second kappa shape index (κ2) is 5.44. The maximum atomic E-state index is 11.6. The Balaban J connectivity index is 1.65.